The van der Waals surface area contributed by atoms with Gasteiger partial charge in [-0.3, -0.25) is 0 Å². The van der Waals surface area contributed by atoms with Crippen LogP contribution in [0.2, 0.25) is 0 Å². The van der Waals surface area contributed by atoms with Gasteiger partial charge in [0.1, 0.15) is 0 Å². The first kappa shape index (κ1) is 8.41. The van der Waals surface area contributed by atoms with E-state index in [4.69, 9.17) is 4.74 Å². The minimum atomic E-state index is 0.530. The van der Waals surface area contributed by atoms with Crippen molar-refractivity contribution in [1.82, 2.24) is 0 Å². The van der Waals surface area contributed by atoms with Crippen molar-refractivity contribution in [3.8, 4) is 0 Å². The zero-order valence-corrected chi connectivity index (χ0v) is 7.60. The fourth-order valence-corrected chi connectivity index (χ4v) is 1.60. The van der Waals surface area contributed by atoms with E-state index < -0.39 is 0 Å². The van der Waals surface area contributed by atoms with Crippen LogP contribution in [0, 0.1) is 11.8 Å². The molecule has 0 aliphatic carbocycles. The van der Waals surface area contributed by atoms with E-state index in [1.165, 1.54) is 6.42 Å². The Bertz CT molecular complexity index is 97.4. The average Bonchev–Trinajstić information content (AvgIpc) is 2.36. The maximum absolute atomic E-state index is 5.28. The van der Waals surface area contributed by atoms with Crippen molar-refractivity contribution in [2.24, 2.45) is 11.8 Å². The van der Waals surface area contributed by atoms with E-state index in [0.717, 1.165) is 13.2 Å². The highest BCUT2D eigenvalue weighted by Crippen LogP contribution is 2.25. The summed E-state index contributed by atoms with van der Waals surface area (Å²) in [4.78, 5) is 0. The fourth-order valence-electron chi connectivity index (χ4n) is 1.37. The second-order valence-electron chi connectivity index (χ2n) is 3.36. The Balaban J connectivity index is 2.32. The molecule has 0 aromatic rings. The second-order valence-corrected chi connectivity index (χ2v) is 3.95. The molecule has 1 fully saturated rings. The van der Waals surface area contributed by atoms with E-state index in [1.54, 1.807) is 0 Å². The molecule has 0 bridgehead atoms. The molecule has 1 rings (SSSR count). The van der Waals surface area contributed by atoms with Crippen LogP contribution in [0.25, 0.3) is 0 Å². The lowest BCUT2D eigenvalue weighted by molar-refractivity contribution is 0.183. The van der Waals surface area contributed by atoms with E-state index in [0.29, 0.717) is 17.1 Å². The molecule has 1 heterocycles. The summed E-state index contributed by atoms with van der Waals surface area (Å²) in [7, 11) is 0. The second kappa shape index (κ2) is 3.63. The molecule has 0 radical (unpaired) electrons. The highest BCUT2D eigenvalue weighted by Gasteiger charge is 2.24. The maximum Gasteiger partial charge on any atom is 0.0505 e. The van der Waals surface area contributed by atoms with E-state index in [9.17, 15) is 0 Å². The fraction of sp³-hybridized carbons (Fsp3) is 1.00. The van der Waals surface area contributed by atoms with E-state index in [1.807, 2.05) is 0 Å². The van der Waals surface area contributed by atoms with Crippen LogP contribution in [-0.4, -0.2) is 18.5 Å². The van der Waals surface area contributed by atoms with Gasteiger partial charge in [0, 0.05) is 11.9 Å². The van der Waals surface area contributed by atoms with Gasteiger partial charge in [0.15, 0.2) is 0 Å². The highest BCUT2D eigenvalue weighted by atomic mass is 32.1. The molecule has 0 aromatic heterocycles. The van der Waals surface area contributed by atoms with Gasteiger partial charge >= 0.3 is 0 Å². The molecule has 10 heavy (non-hydrogen) atoms. The van der Waals surface area contributed by atoms with Crippen LogP contribution in [0.1, 0.15) is 20.3 Å². The summed E-state index contributed by atoms with van der Waals surface area (Å²) in [5, 5.41) is 0.530. The normalized spacial score (nSPS) is 29.4. The third-order valence-electron chi connectivity index (χ3n) is 2.13. The number of ether oxygens (including phenoxy) is 1. The predicted octanol–water partition coefficient (Wildman–Crippen LogP) is 1.98. The van der Waals surface area contributed by atoms with Crippen molar-refractivity contribution in [1.29, 1.82) is 0 Å². The third-order valence-corrected chi connectivity index (χ3v) is 3.15. The topological polar surface area (TPSA) is 9.23 Å². The van der Waals surface area contributed by atoms with E-state index in [-0.39, 0.29) is 0 Å². The van der Waals surface area contributed by atoms with E-state index in [2.05, 4.69) is 26.5 Å². The molecule has 1 aliphatic heterocycles. The molecule has 1 unspecified atom stereocenters. The van der Waals surface area contributed by atoms with Crippen molar-refractivity contribution in [3.05, 3.63) is 0 Å². The number of hydrogen-bond acceptors (Lipinski definition) is 2. The summed E-state index contributed by atoms with van der Waals surface area (Å²) < 4.78 is 5.28. The Hall–Kier alpha value is 0.310. The molecular formula is C8H16OS. The van der Waals surface area contributed by atoms with Crippen molar-refractivity contribution < 1.29 is 4.74 Å². The molecule has 60 valence electrons. The van der Waals surface area contributed by atoms with Gasteiger partial charge in [0.2, 0.25) is 0 Å². The quantitative estimate of drug-likeness (QED) is 0.608. The number of hydrogen-bond donors (Lipinski definition) is 1. The molecule has 0 N–H and O–H groups in total. The van der Waals surface area contributed by atoms with Crippen molar-refractivity contribution >= 4 is 12.6 Å². The van der Waals surface area contributed by atoms with Crippen LogP contribution in [0.4, 0.5) is 0 Å². The lowest BCUT2D eigenvalue weighted by Crippen LogP contribution is -2.20. The van der Waals surface area contributed by atoms with Gasteiger partial charge in [-0.1, -0.05) is 13.8 Å². The zero-order chi connectivity index (χ0) is 7.56. The summed E-state index contributed by atoms with van der Waals surface area (Å²) in [6, 6.07) is 0. The lowest BCUT2D eigenvalue weighted by atomic mass is 9.96. The molecule has 0 spiro atoms. The van der Waals surface area contributed by atoms with Crippen LogP contribution in [0.5, 0.6) is 0 Å². The van der Waals surface area contributed by atoms with Gasteiger partial charge in [-0.2, -0.15) is 12.6 Å². The highest BCUT2D eigenvalue weighted by molar-refractivity contribution is 7.81. The lowest BCUT2D eigenvalue weighted by Gasteiger charge is -2.19. The van der Waals surface area contributed by atoms with Gasteiger partial charge in [0.25, 0.3) is 0 Å². The Morgan fingerprint density at radius 2 is 2.20 bits per heavy atom. The smallest absolute Gasteiger partial charge is 0.0505 e. The summed E-state index contributed by atoms with van der Waals surface area (Å²) >= 11 is 4.54. The molecule has 2 atom stereocenters. The molecule has 0 amide bonds. The predicted molar refractivity (Wildman–Crippen MR) is 46.5 cm³/mol. The summed E-state index contributed by atoms with van der Waals surface area (Å²) in [5.41, 5.74) is 0. The summed E-state index contributed by atoms with van der Waals surface area (Å²) in [6.45, 7) is 6.30. The minimum absolute atomic E-state index is 0.530. The zero-order valence-electron chi connectivity index (χ0n) is 6.71. The van der Waals surface area contributed by atoms with Crippen LogP contribution >= 0.6 is 12.6 Å². The molecule has 0 saturated carbocycles. The van der Waals surface area contributed by atoms with Gasteiger partial charge in [-0.15, -0.1) is 0 Å². The summed E-state index contributed by atoms with van der Waals surface area (Å²) in [5.74, 6) is 1.37. The molecule has 1 aliphatic rings. The summed E-state index contributed by atoms with van der Waals surface area (Å²) in [6.07, 6.45) is 1.20. The first-order valence-electron chi connectivity index (χ1n) is 3.97. The Kier molecular flexibility index (Phi) is 3.05. The van der Waals surface area contributed by atoms with Gasteiger partial charge in [-0.25, -0.2) is 0 Å². The first-order valence-corrected chi connectivity index (χ1v) is 4.49. The van der Waals surface area contributed by atoms with Crippen LogP contribution in [0.3, 0.4) is 0 Å². The third kappa shape index (κ3) is 1.89. The molecular weight excluding hydrogens is 144 g/mol. The average molecular weight is 160 g/mol. The molecule has 1 nitrogen and oxygen atoms in total. The Morgan fingerprint density at radius 1 is 1.50 bits per heavy atom. The van der Waals surface area contributed by atoms with Crippen LogP contribution in [0.15, 0.2) is 0 Å². The van der Waals surface area contributed by atoms with Crippen molar-refractivity contribution in [2.45, 2.75) is 25.5 Å². The first-order chi connectivity index (χ1) is 4.72. The van der Waals surface area contributed by atoms with Crippen LogP contribution < -0.4 is 0 Å². The number of rotatable bonds is 2. The molecule has 0 aromatic carbocycles. The Labute approximate surface area is 68.6 Å². The minimum Gasteiger partial charge on any atom is -0.381 e. The standard InChI is InChI=1S/C8H16OS/c1-6(2)8(10)7-3-4-9-5-7/h6-8,10H,3-5H2,1-2H3/t7?,8-/m0/s1. The molecule has 2 heteroatoms. The van der Waals surface area contributed by atoms with Gasteiger partial charge < -0.3 is 4.74 Å². The number of thiol groups is 1. The van der Waals surface area contributed by atoms with E-state index >= 15 is 0 Å². The maximum atomic E-state index is 5.28. The van der Waals surface area contributed by atoms with Crippen molar-refractivity contribution in [2.75, 3.05) is 13.2 Å². The Morgan fingerprint density at radius 3 is 2.60 bits per heavy atom. The van der Waals surface area contributed by atoms with Crippen molar-refractivity contribution in [3.63, 3.8) is 0 Å². The van der Waals surface area contributed by atoms with Gasteiger partial charge in [-0.05, 0) is 18.3 Å². The monoisotopic (exact) mass is 160 g/mol. The largest absolute Gasteiger partial charge is 0.381 e. The SMILES string of the molecule is CC(C)[C@H](S)C1CCOC1. The van der Waals surface area contributed by atoms with Gasteiger partial charge in [0.05, 0.1) is 6.61 Å². The molecule has 1 saturated heterocycles. The van der Waals surface area contributed by atoms with Crippen LogP contribution in [-0.2, 0) is 4.74 Å².